The van der Waals surface area contributed by atoms with Gasteiger partial charge in [-0.05, 0) is 6.92 Å². The van der Waals surface area contributed by atoms with Gasteiger partial charge in [0.1, 0.15) is 5.76 Å². The predicted octanol–water partition coefficient (Wildman–Crippen LogP) is -0.300. The highest BCUT2D eigenvalue weighted by Gasteiger charge is 2.27. The van der Waals surface area contributed by atoms with E-state index in [0.29, 0.717) is 31.9 Å². The second kappa shape index (κ2) is 4.69. The van der Waals surface area contributed by atoms with Gasteiger partial charge in [0.2, 0.25) is 10.0 Å². The van der Waals surface area contributed by atoms with E-state index in [0.717, 1.165) is 0 Å². The van der Waals surface area contributed by atoms with Gasteiger partial charge in [-0.1, -0.05) is 5.16 Å². The zero-order chi connectivity index (χ0) is 13.3. The highest BCUT2D eigenvalue weighted by molar-refractivity contribution is 7.88. The Balaban J connectivity index is 2.00. The van der Waals surface area contributed by atoms with E-state index in [2.05, 4.69) is 5.16 Å². The molecule has 1 aliphatic rings. The highest BCUT2D eigenvalue weighted by Crippen LogP contribution is 2.10. The molecule has 100 valence electrons. The summed E-state index contributed by atoms with van der Waals surface area (Å²) in [5.41, 5.74) is 0.264. The topological polar surface area (TPSA) is 83.7 Å². The summed E-state index contributed by atoms with van der Waals surface area (Å²) >= 11 is 0. The molecule has 7 nitrogen and oxygen atoms in total. The number of amides is 1. The molecule has 0 aromatic carbocycles. The first-order valence-corrected chi connectivity index (χ1v) is 7.40. The van der Waals surface area contributed by atoms with Gasteiger partial charge >= 0.3 is 0 Å². The van der Waals surface area contributed by atoms with Crippen molar-refractivity contribution in [3.8, 4) is 0 Å². The Bertz CT molecular complexity index is 543. The number of aromatic nitrogens is 1. The van der Waals surface area contributed by atoms with Crippen molar-refractivity contribution in [2.24, 2.45) is 0 Å². The van der Waals surface area contributed by atoms with E-state index < -0.39 is 10.0 Å². The molecule has 0 bridgehead atoms. The lowest BCUT2D eigenvalue weighted by molar-refractivity contribution is 0.0688. The second-order valence-electron chi connectivity index (χ2n) is 4.28. The van der Waals surface area contributed by atoms with Crippen LogP contribution in [0.5, 0.6) is 0 Å². The van der Waals surface area contributed by atoms with Crippen molar-refractivity contribution in [3.63, 3.8) is 0 Å². The van der Waals surface area contributed by atoms with E-state index in [4.69, 9.17) is 4.52 Å². The van der Waals surface area contributed by atoms with E-state index in [1.807, 2.05) is 0 Å². The standard InChI is InChI=1S/C10H15N3O4S/c1-8-7-9(11-17-8)10(14)12-3-5-13(6-4-12)18(2,15)16/h7H,3-6H2,1-2H3. The van der Waals surface area contributed by atoms with E-state index in [1.54, 1.807) is 17.9 Å². The van der Waals surface area contributed by atoms with E-state index >= 15 is 0 Å². The Hall–Kier alpha value is -1.41. The highest BCUT2D eigenvalue weighted by atomic mass is 32.2. The first-order chi connectivity index (χ1) is 8.38. The summed E-state index contributed by atoms with van der Waals surface area (Å²) in [5.74, 6) is 0.355. The fourth-order valence-corrected chi connectivity index (χ4v) is 2.68. The molecule has 0 N–H and O–H groups in total. The molecule has 1 aromatic rings. The number of nitrogens with zero attached hydrogens (tertiary/aromatic N) is 3. The zero-order valence-electron chi connectivity index (χ0n) is 10.3. The van der Waals surface area contributed by atoms with Crippen molar-refractivity contribution in [1.82, 2.24) is 14.4 Å². The Labute approximate surface area is 105 Å². The third-order valence-electron chi connectivity index (χ3n) is 2.84. The minimum Gasteiger partial charge on any atom is -0.361 e. The lowest BCUT2D eigenvalue weighted by Crippen LogP contribution is -2.50. The summed E-state index contributed by atoms with van der Waals surface area (Å²) in [4.78, 5) is 13.6. The van der Waals surface area contributed by atoms with Crippen LogP contribution in [0.1, 0.15) is 16.2 Å². The van der Waals surface area contributed by atoms with E-state index in [9.17, 15) is 13.2 Å². The molecule has 2 rings (SSSR count). The number of sulfonamides is 1. The Morgan fingerprint density at radius 2 is 1.94 bits per heavy atom. The maximum Gasteiger partial charge on any atom is 0.276 e. The van der Waals surface area contributed by atoms with E-state index in [1.165, 1.54) is 10.6 Å². The summed E-state index contributed by atoms with van der Waals surface area (Å²) in [6, 6.07) is 1.57. The maximum atomic E-state index is 12.0. The van der Waals surface area contributed by atoms with Gasteiger partial charge in [-0.15, -0.1) is 0 Å². The minimum absolute atomic E-state index is 0.222. The average molecular weight is 273 g/mol. The molecule has 1 saturated heterocycles. The van der Waals surface area contributed by atoms with Crippen molar-refractivity contribution < 1.29 is 17.7 Å². The number of hydrogen-bond donors (Lipinski definition) is 0. The molecule has 0 unspecified atom stereocenters. The molecule has 2 heterocycles. The summed E-state index contributed by atoms with van der Waals surface area (Å²) in [6.45, 7) is 3.10. The van der Waals surface area contributed by atoms with Crippen molar-refractivity contribution >= 4 is 15.9 Å². The predicted molar refractivity (Wildman–Crippen MR) is 63.6 cm³/mol. The molecule has 0 aliphatic carbocycles. The summed E-state index contributed by atoms with van der Waals surface area (Å²) < 4.78 is 28.9. The average Bonchev–Trinajstić information content (AvgIpc) is 2.74. The van der Waals surface area contributed by atoms with Gasteiger partial charge in [-0.25, -0.2) is 8.42 Å². The molecule has 8 heteroatoms. The summed E-state index contributed by atoms with van der Waals surface area (Å²) in [7, 11) is -3.17. The van der Waals surface area contributed by atoms with Crippen LogP contribution in [0.15, 0.2) is 10.6 Å². The first-order valence-electron chi connectivity index (χ1n) is 5.55. The Morgan fingerprint density at radius 3 is 2.39 bits per heavy atom. The number of aryl methyl sites for hydroxylation is 1. The third kappa shape index (κ3) is 2.70. The van der Waals surface area contributed by atoms with Crippen LogP contribution in [0.2, 0.25) is 0 Å². The van der Waals surface area contributed by atoms with Crippen LogP contribution in [0.25, 0.3) is 0 Å². The van der Waals surface area contributed by atoms with Gasteiger partial charge in [0, 0.05) is 32.2 Å². The number of hydrogen-bond acceptors (Lipinski definition) is 5. The van der Waals surface area contributed by atoms with Gasteiger partial charge in [0.25, 0.3) is 5.91 Å². The Morgan fingerprint density at radius 1 is 1.33 bits per heavy atom. The molecule has 1 amide bonds. The van der Waals surface area contributed by atoms with Crippen LogP contribution in [-0.2, 0) is 10.0 Å². The molecule has 1 aromatic heterocycles. The second-order valence-corrected chi connectivity index (χ2v) is 6.26. The van der Waals surface area contributed by atoms with Crippen LogP contribution < -0.4 is 0 Å². The molecular formula is C10H15N3O4S. The van der Waals surface area contributed by atoms with Crippen molar-refractivity contribution in [2.75, 3.05) is 32.4 Å². The largest absolute Gasteiger partial charge is 0.361 e. The Kier molecular flexibility index (Phi) is 3.40. The number of piperazine rings is 1. The third-order valence-corrected chi connectivity index (χ3v) is 4.15. The van der Waals surface area contributed by atoms with Crippen LogP contribution in [0.3, 0.4) is 0 Å². The normalized spacial score (nSPS) is 18.0. The van der Waals surface area contributed by atoms with Gasteiger partial charge in [-0.3, -0.25) is 4.79 Å². The SMILES string of the molecule is Cc1cc(C(=O)N2CCN(S(C)(=O)=O)CC2)no1. The van der Waals surface area contributed by atoms with E-state index in [-0.39, 0.29) is 11.6 Å². The fraction of sp³-hybridized carbons (Fsp3) is 0.600. The zero-order valence-corrected chi connectivity index (χ0v) is 11.1. The lowest BCUT2D eigenvalue weighted by atomic mass is 10.3. The summed E-state index contributed by atoms with van der Waals surface area (Å²) in [6.07, 6.45) is 1.17. The fourth-order valence-electron chi connectivity index (χ4n) is 1.85. The number of carbonyl (C=O) groups is 1. The van der Waals surface area contributed by atoms with Crippen molar-refractivity contribution in [3.05, 3.63) is 17.5 Å². The van der Waals surface area contributed by atoms with Crippen LogP contribution >= 0.6 is 0 Å². The summed E-state index contributed by atoms with van der Waals surface area (Å²) in [5, 5.41) is 3.66. The number of rotatable bonds is 2. The molecule has 0 spiro atoms. The molecule has 1 fully saturated rings. The molecule has 0 saturated carbocycles. The van der Waals surface area contributed by atoms with Gasteiger partial charge < -0.3 is 9.42 Å². The quantitative estimate of drug-likeness (QED) is 0.738. The van der Waals surface area contributed by atoms with Crippen LogP contribution in [-0.4, -0.2) is 61.1 Å². The van der Waals surface area contributed by atoms with Crippen molar-refractivity contribution in [2.45, 2.75) is 6.92 Å². The minimum atomic E-state index is -3.17. The van der Waals surface area contributed by atoms with Gasteiger partial charge in [-0.2, -0.15) is 4.31 Å². The molecular weight excluding hydrogens is 258 g/mol. The van der Waals surface area contributed by atoms with Crippen LogP contribution in [0.4, 0.5) is 0 Å². The maximum absolute atomic E-state index is 12.0. The van der Waals surface area contributed by atoms with Gasteiger partial charge in [0.15, 0.2) is 5.69 Å². The van der Waals surface area contributed by atoms with Gasteiger partial charge in [0.05, 0.1) is 6.26 Å². The first kappa shape index (κ1) is 13.0. The lowest BCUT2D eigenvalue weighted by Gasteiger charge is -2.32. The smallest absolute Gasteiger partial charge is 0.276 e. The monoisotopic (exact) mass is 273 g/mol. The molecule has 0 atom stereocenters. The van der Waals surface area contributed by atoms with Crippen molar-refractivity contribution in [1.29, 1.82) is 0 Å². The molecule has 0 radical (unpaired) electrons. The van der Waals surface area contributed by atoms with Crippen LogP contribution in [0, 0.1) is 6.92 Å². The number of carbonyl (C=O) groups excluding carboxylic acids is 1. The molecule has 18 heavy (non-hydrogen) atoms. The molecule has 1 aliphatic heterocycles.